The Bertz CT molecular complexity index is 581. The molecule has 0 N–H and O–H groups in total. The second-order valence-corrected chi connectivity index (χ2v) is 8.25. The van der Waals surface area contributed by atoms with Crippen molar-refractivity contribution in [2.24, 2.45) is 5.92 Å². The van der Waals surface area contributed by atoms with Crippen LogP contribution in [0.15, 0.2) is 29.2 Å². The van der Waals surface area contributed by atoms with Crippen molar-refractivity contribution in [2.45, 2.75) is 17.9 Å². The first-order valence-electron chi connectivity index (χ1n) is 6.49. The van der Waals surface area contributed by atoms with Gasteiger partial charge in [-0.1, -0.05) is 12.1 Å². The Morgan fingerprint density at radius 2 is 2.00 bits per heavy atom. The SMILES string of the molecule is CSc1ccc(CN(C)C(=O)C2CCS(=O)(=O)C2)cc1. The Labute approximate surface area is 124 Å². The Morgan fingerprint density at radius 3 is 2.50 bits per heavy atom. The molecule has 1 aliphatic rings. The van der Waals surface area contributed by atoms with Crippen LogP contribution in [-0.4, -0.2) is 44.0 Å². The number of hydrogen-bond acceptors (Lipinski definition) is 4. The van der Waals surface area contributed by atoms with Crippen molar-refractivity contribution in [3.63, 3.8) is 0 Å². The lowest BCUT2D eigenvalue weighted by atomic mass is 10.1. The Hall–Kier alpha value is -1.01. The van der Waals surface area contributed by atoms with Crippen molar-refractivity contribution in [1.82, 2.24) is 4.90 Å². The van der Waals surface area contributed by atoms with E-state index in [1.807, 2.05) is 30.5 Å². The standard InChI is InChI=1S/C14H19NO3S2/c1-15(9-11-3-5-13(19-2)6-4-11)14(16)12-7-8-20(17,18)10-12/h3-6,12H,7-10H2,1-2H3. The highest BCUT2D eigenvalue weighted by Gasteiger charge is 2.34. The average molecular weight is 313 g/mol. The molecule has 0 spiro atoms. The fourth-order valence-electron chi connectivity index (χ4n) is 2.38. The molecular weight excluding hydrogens is 294 g/mol. The van der Waals surface area contributed by atoms with Crippen molar-refractivity contribution in [3.8, 4) is 0 Å². The predicted molar refractivity (Wildman–Crippen MR) is 81.5 cm³/mol. The Kier molecular flexibility index (Phi) is 4.75. The maximum absolute atomic E-state index is 12.2. The summed E-state index contributed by atoms with van der Waals surface area (Å²) < 4.78 is 22.8. The summed E-state index contributed by atoms with van der Waals surface area (Å²) in [4.78, 5) is 15.0. The molecule has 1 atom stereocenters. The highest BCUT2D eigenvalue weighted by atomic mass is 32.2. The number of rotatable bonds is 4. The highest BCUT2D eigenvalue weighted by molar-refractivity contribution is 7.98. The molecule has 0 bridgehead atoms. The van der Waals surface area contributed by atoms with Crippen LogP contribution in [0, 0.1) is 5.92 Å². The van der Waals surface area contributed by atoms with E-state index in [0.717, 1.165) is 5.56 Å². The van der Waals surface area contributed by atoms with E-state index < -0.39 is 9.84 Å². The fraction of sp³-hybridized carbons (Fsp3) is 0.500. The van der Waals surface area contributed by atoms with Crippen LogP contribution in [0.5, 0.6) is 0 Å². The summed E-state index contributed by atoms with van der Waals surface area (Å²) >= 11 is 1.68. The minimum absolute atomic E-state index is 0.00157. The van der Waals surface area contributed by atoms with Gasteiger partial charge >= 0.3 is 0 Å². The number of carbonyl (C=O) groups is 1. The van der Waals surface area contributed by atoms with Crippen LogP contribution in [-0.2, 0) is 21.2 Å². The van der Waals surface area contributed by atoms with Crippen LogP contribution in [0.25, 0.3) is 0 Å². The van der Waals surface area contributed by atoms with Gasteiger partial charge in [0.25, 0.3) is 0 Å². The van der Waals surface area contributed by atoms with E-state index in [9.17, 15) is 13.2 Å². The number of benzene rings is 1. The van der Waals surface area contributed by atoms with Gasteiger partial charge < -0.3 is 4.90 Å². The molecule has 2 rings (SSSR count). The van der Waals surface area contributed by atoms with Crippen molar-refractivity contribution >= 4 is 27.5 Å². The van der Waals surface area contributed by atoms with Crippen LogP contribution in [0.4, 0.5) is 0 Å². The molecule has 1 heterocycles. The van der Waals surface area contributed by atoms with Gasteiger partial charge in [0.2, 0.25) is 5.91 Å². The van der Waals surface area contributed by atoms with Crippen molar-refractivity contribution < 1.29 is 13.2 Å². The summed E-state index contributed by atoms with van der Waals surface area (Å²) in [7, 11) is -1.27. The topological polar surface area (TPSA) is 54.5 Å². The lowest BCUT2D eigenvalue weighted by Gasteiger charge is -2.20. The van der Waals surface area contributed by atoms with Gasteiger partial charge in [0.1, 0.15) is 0 Å². The summed E-state index contributed by atoms with van der Waals surface area (Å²) in [5.41, 5.74) is 1.06. The van der Waals surface area contributed by atoms with E-state index in [1.165, 1.54) is 4.90 Å². The number of sulfone groups is 1. The van der Waals surface area contributed by atoms with Crippen LogP contribution in [0.2, 0.25) is 0 Å². The quantitative estimate of drug-likeness (QED) is 0.796. The molecule has 1 amide bonds. The van der Waals surface area contributed by atoms with Gasteiger partial charge in [0.05, 0.1) is 17.4 Å². The van der Waals surface area contributed by atoms with Crippen molar-refractivity contribution in [2.75, 3.05) is 24.8 Å². The van der Waals surface area contributed by atoms with Crippen LogP contribution in [0.1, 0.15) is 12.0 Å². The molecule has 4 nitrogen and oxygen atoms in total. The zero-order valence-corrected chi connectivity index (χ0v) is 13.3. The first kappa shape index (κ1) is 15.4. The third-order valence-corrected chi connectivity index (χ3v) is 6.05. The molecule has 1 unspecified atom stereocenters. The van der Waals surface area contributed by atoms with E-state index in [4.69, 9.17) is 0 Å². The molecule has 110 valence electrons. The Balaban J connectivity index is 1.97. The summed E-state index contributed by atoms with van der Waals surface area (Å²) in [6.45, 7) is 0.518. The molecule has 0 aromatic heterocycles. The van der Waals surface area contributed by atoms with Crippen LogP contribution < -0.4 is 0 Å². The van der Waals surface area contributed by atoms with E-state index in [1.54, 1.807) is 23.7 Å². The fourth-order valence-corrected chi connectivity index (χ4v) is 4.53. The Morgan fingerprint density at radius 1 is 1.35 bits per heavy atom. The zero-order chi connectivity index (χ0) is 14.8. The highest BCUT2D eigenvalue weighted by Crippen LogP contribution is 2.21. The van der Waals surface area contributed by atoms with Gasteiger partial charge in [0, 0.05) is 18.5 Å². The number of hydrogen-bond donors (Lipinski definition) is 0. The molecule has 6 heteroatoms. The van der Waals surface area contributed by atoms with Gasteiger partial charge in [-0.15, -0.1) is 11.8 Å². The maximum Gasteiger partial charge on any atom is 0.226 e. The molecule has 1 saturated heterocycles. The second-order valence-electron chi connectivity index (χ2n) is 5.14. The summed E-state index contributed by atoms with van der Waals surface area (Å²) in [6, 6.07) is 8.05. The maximum atomic E-state index is 12.2. The first-order chi connectivity index (χ1) is 9.41. The van der Waals surface area contributed by atoms with E-state index >= 15 is 0 Å². The second kappa shape index (κ2) is 6.18. The van der Waals surface area contributed by atoms with Crippen LogP contribution >= 0.6 is 11.8 Å². The molecule has 1 aromatic rings. The minimum Gasteiger partial charge on any atom is -0.341 e. The molecular formula is C14H19NO3S2. The van der Waals surface area contributed by atoms with E-state index in [0.29, 0.717) is 13.0 Å². The molecule has 0 saturated carbocycles. The van der Waals surface area contributed by atoms with Gasteiger partial charge in [-0.05, 0) is 30.4 Å². The number of carbonyl (C=O) groups excluding carboxylic acids is 1. The van der Waals surface area contributed by atoms with Gasteiger partial charge in [-0.3, -0.25) is 4.79 Å². The summed E-state index contributed by atoms with van der Waals surface area (Å²) in [5, 5.41) is 0. The van der Waals surface area contributed by atoms with Crippen molar-refractivity contribution in [3.05, 3.63) is 29.8 Å². The van der Waals surface area contributed by atoms with Gasteiger partial charge in [-0.25, -0.2) is 8.42 Å². The molecule has 1 aliphatic heterocycles. The molecule has 20 heavy (non-hydrogen) atoms. The lowest BCUT2D eigenvalue weighted by molar-refractivity contribution is -0.133. The smallest absolute Gasteiger partial charge is 0.226 e. The lowest BCUT2D eigenvalue weighted by Crippen LogP contribution is -2.33. The predicted octanol–water partition coefficient (Wildman–Crippen LogP) is 1.80. The molecule has 0 radical (unpaired) electrons. The number of nitrogens with zero attached hydrogens (tertiary/aromatic N) is 1. The molecule has 1 aromatic carbocycles. The third-order valence-electron chi connectivity index (χ3n) is 3.54. The zero-order valence-electron chi connectivity index (χ0n) is 11.7. The van der Waals surface area contributed by atoms with E-state index in [-0.39, 0.29) is 23.3 Å². The number of thioether (sulfide) groups is 1. The summed E-state index contributed by atoms with van der Waals surface area (Å²) in [6.07, 6.45) is 2.47. The largest absolute Gasteiger partial charge is 0.341 e. The van der Waals surface area contributed by atoms with Gasteiger partial charge in [-0.2, -0.15) is 0 Å². The van der Waals surface area contributed by atoms with Crippen LogP contribution in [0.3, 0.4) is 0 Å². The van der Waals surface area contributed by atoms with E-state index in [2.05, 4.69) is 0 Å². The first-order valence-corrected chi connectivity index (χ1v) is 9.54. The van der Waals surface area contributed by atoms with Crippen molar-refractivity contribution in [1.29, 1.82) is 0 Å². The number of amides is 1. The average Bonchev–Trinajstić information content (AvgIpc) is 2.79. The third kappa shape index (κ3) is 3.76. The molecule has 0 aliphatic carbocycles. The molecule has 1 fully saturated rings. The summed E-state index contributed by atoms with van der Waals surface area (Å²) in [5.74, 6) is -0.295. The minimum atomic E-state index is -3.01. The normalized spacial score (nSPS) is 20.8. The monoisotopic (exact) mass is 313 g/mol. The van der Waals surface area contributed by atoms with Gasteiger partial charge in [0.15, 0.2) is 9.84 Å².